The molecule has 0 bridgehead atoms. The van der Waals surface area contributed by atoms with Crippen LogP contribution in [0.1, 0.15) is 59.7 Å². The highest BCUT2D eigenvalue weighted by Gasteiger charge is 2.53. The third kappa shape index (κ3) is 4.35. The fourth-order valence-electron chi connectivity index (χ4n) is 4.41. The van der Waals surface area contributed by atoms with Gasteiger partial charge in [-0.05, 0) is 75.1 Å². The largest absolute Gasteiger partial charge is 0.458 e. The Morgan fingerprint density at radius 3 is 2.32 bits per heavy atom. The Morgan fingerprint density at radius 2 is 1.65 bits per heavy atom. The van der Waals surface area contributed by atoms with Crippen LogP contribution in [0, 0.1) is 5.92 Å². The Bertz CT molecular complexity index is 1040. The molecule has 7 nitrogen and oxygen atoms in total. The van der Waals surface area contributed by atoms with Crippen molar-refractivity contribution < 1.29 is 23.9 Å². The highest BCUT2D eigenvalue weighted by Crippen LogP contribution is 2.45. The van der Waals surface area contributed by atoms with E-state index in [-0.39, 0.29) is 30.0 Å². The molecule has 7 heteroatoms. The van der Waals surface area contributed by atoms with Gasteiger partial charge in [0.05, 0.1) is 12.3 Å². The summed E-state index contributed by atoms with van der Waals surface area (Å²) >= 11 is 0. The van der Waals surface area contributed by atoms with Gasteiger partial charge >= 0.3 is 5.97 Å². The molecule has 31 heavy (non-hydrogen) atoms. The molecule has 4 rings (SSSR count). The molecular weight excluding hydrogens is 396 g/mol. The Morgan fingerprint density at radius 1 is 0.935 bits per heavy atom. The van der Waals surface area contributed by atoms with Crippen molar-refractivity contribution in [2.24, 2.45) is 5.92 Å². The summed E-state index contributed by atoms with van der Waals surface area (Å²) in [6.07, 6.45) is 3.39. The zero-order valence-corrected chi connectivity index (χ0v) is 17.3. The molecule has 2 amide bonds. The van der Waals surface area contributed by atoms with E-state index in [1.54, 1.807) is 48.5 Å². The summed E-state index contributed by atoms with van der Waals surface area (Å²) in [5, 5.41) is 5.62. The topological polar surface area (TPSA) is 102 Å². The molecule has 1 aliphatic heterocycles. The predicted molar refractivity (Wildman–Crippen MR) is 115 cm³/mol. The van der Waals surface area contributed by atoms with Crippen LogP contribution in [0.3, 0.4) is 0 Å². The number of ketones is 1. The van der Waals surface area contributed by atoms with Gasteiger partial charge < -0.3 is 15.4 Å². The zero-order chi connectivity index (χ0) is 22.0. The summed E-state index contributed by atoms with van der Waals surface area (Å²) in [4.78, 5) is 48.8. The molecule has 1 heterocycles. The second-order valence-electron chi connectivity index (χ2n) is 8.16. The van der Waals surface area contributed by atoms with Crippen molar-refractivity contribution in [3.05, 3.63) is 59.7 Å². The quantitative estimate of drug-likeness (QED) is 0.563. The van der Waals surface area contributed by atoms with Gasteiger partial charge in [0, 0.05) is 22.5 Å². The molecule has 1 aliphatic carbocycles. The number of hydrogen-bond donors (Lipinski definition) is 2. The molecular formula is C24H24N2O5. The summed E-state index contributed by atoms with van der Waals surface area (Å²) in [5.41, 5.74) is 1.31. The third-order valence-corrected chi connectivity index (χ3v) is 6.03. The third-order valence-electron chi connectivity index (χ3n) is 6.03. The van der Waals surface area contributed by atoms with Crippen LogP contribution in [0.15, 0.2) is 48.5 Å². The molecule has 2 aromatic rings. The number of hydrogen-bond acceptors (Lipinski definition) is 5. The monoisotopic (exact) mass is 420 g/mol. The van der Waals surface area contributed by atoms with Gasteiger partial charge in [-0.15, -0.1) is 0 Å². The van der Waals surface area contributed by atoms with E-state index in [1.807, 2.05) is 0 Å². The Kier molecular flexibility index (Phi) is 5.59. The van der Waals surface area contributed by atoms with Crippen molar-refractivity contribution in [1.29, 1.82) is 0 Å². The molecule has 0 aromatic heterocycles. The highest BCUT2D eigenvalue weighted by atomic mass is 16.6. The highest BCUT2D eigenvalue weighted by molar-refractivity contribution is 6.06. The van der Waals surface area contributed by atoms with E-state index in [0.717, 1.165) is 12.8 Å². The molecule has 2 aliphatic rings. The van der Waals surface area contributed by atoms with E-state index in [0.29, 0.717) is 35.3 Å². The average Bonchev–Trinajstić information content (AvgIpc) is 3.34. The van der Waals surface area contributed by atoms with E-state index in [4.69, 9.17) is 4.74 Å². The molecule has 1 atom stereocenters. The number of amides is 2. The van der Waals surface area contributed by atoms with E-state index >= 15 is 0 Å². The van der Waals surface area contributed by atoms with Crippen molar-refractivity contribution in [3.63, 3.8) is 0 Å². The lowest BCUT2D eigenvalue weighted by atomic mass is 9.85. The van der Waals surface area contributed by atoms with Gasteiger partial charge in [-0.3, -0.25) is 19.2 Å². The summed E-state index contributed by atoms with van der Waals surface area (Å²) in [6.45, 7) is 1.48. The van der Waals surface area contributed by atoms with Crippen LogP contribution < -0.4 is 10.6 Å². The van der Waals surface area contributed by atoms with Crippen LogP contribution >= 0.6 is 0 Å². The lowest BCUT2D eigenvalue weighted by Gasteiger charge is -2.27. The summed E-state index contributed by atoms with van der Waals surface area (Å²) in [7, 11) is 0. The van der Waals surface area contributed by atoms with Crippen LogP contribution in [0.5, 0.6) is 0 Å². The van der Waals surface area contributed by atoms with Gasteiger partial charge in [-0.1, -0.05) is 6.07 Å². The maximum absolute atomic E-state index is 12.9. The number of carbonyl (C=O) groups excluding carboxylic acids is 4. The van der Waals surface area contributed by atoms with Crippen LogP contribution in [0.2, 0.25) is 0 Å². The number of ether oxygens (including phenoxy) is 1. The number of carbonyl (C=O) groups is 4. The minimum absolute atomic E-state index is 0.0462. The van der Waals surface area contributed by atoms with E-state index in [1.165, 1.54) is 6.92 Å². The van der Waals surface area contributed by atoms with Crippen LogP contribution in [-0.4, -0.2) is 29.2 Å². The fraction of sp³-hybridized carbons (Fsp3) is 0.333. The van der Waals surface area contributed by atoms with Crippen molar-refractivity contribution >= 4 is 34.9 Å². The molecule has 0 radical (unpaired) electrons. The first-order valence-corrected chi connectivity index (χ1v) is 10.4. The predicted octanol–water partition coefficient (Wildman–Crippen LogP) is 3.96. The first-order valence-electron chi connectivity index (χ1n) is 10.4. The Hall–Kier alpha value is -3.48. The number of benzene rings is 2. The fourth-order valence-corrected chi connectivity index (χ4v) is 4.41. The molecule has 0 unspecified atom stereocenters. The van der Waals surface area contributed by atoms with Gasteiger partial charge in [0.25, 0.3) is 5.91 Å². The SMILES string of the molecule is CC(=O)c1ccc(NC(=O)c2cccc(NC(=O)[C@@H]3CC(=O)OC34CCCC4)c2)cc1. The van der Waals surface area contributed by atoms with Gasteiger partial charge in [0.15, 0.2) is 5.78 Å². The number of anilines is 2. The second-order valence-corrected chi connectivity index (χ2v) is 8.16. The smallest absolute Gasteiger partial charge is 0.307 e. The number of rotatable bonds is 5. The van der Waals surface area contributed by atoms with Crippen LogP contribution in [0.4, 0.5) is 11.4 Å². The number of esters is 1. The van der Waals surface area contributed by atoms with E-state index in [2.05, 4.69) is 10.6 Å². The van der Waals surface area contributed by atoms with Crippen LogP contribution in [-0.2, 0) is 14.3 Å². The molecule has 1 saturated carbocycles. The minimum atomic E-state index is -0.678. The van der Waals surface area contributed by atoms with Gasteiger partial charge in [-0.2, -0.15) is 0 Å². The van der Waals surface area contributed by atoms with Gasteiger partial charge in [0.2, 0.25) is 5.91 Å². The van der Waals surface area contributed by atoms with Crippen molar-refractivity contribution in [3.8, 4) is 0 Å². The van der Waals surface area contributed by atoms with E-state index < -0.39 is 11.5 Å². The number of nitrogens with one attached hydrogen (secondary N) is 2. The normalized spacial score (nSPS) is 19.1. The minimum Gasteiger partial charge on any atom is -0.458 e. The molecule has 2 aromatic carbocycles. The molecule has 1 spiro atoms. The summed E-state index contributed by atoms with van der Waals surface area (Å²) in [6, 6.07) is 13.3. The van der Waals surface area contributed by atoms with Gasteiger partial charge in [-0.25, -0.2) is 0 Å². The van der Waals surface area contributed by atoms with Crippen molar-refractivity contribution in [2.45, 2.75) is 44.6 Å². The van der Waals surface area contributed by atoms with Gasteiger partial charge in [0.1, 0.15) is 5.60 Å². The standard InChI is InChI=1S/C24H24N2O5/c1-15(27)16-7-9-18(10-8-16)25-22(29)17-5-4-6-19(13-17)26-23(30)20-14-21(28)31-24(20)11-2-3-12-24/h4-10,13,20H,2-3,11-12,14H2,1H3,(H,25,29)(H,26,30)/t20-/m0/s1. The maximum Gasteiger partial charge on any atom is 0.307 e. The Balaban J connectivity index is 1.44. The maximum atomic E-state index is 12.9. The first kappa shape index (κ1) is 20.8. The molecule has 2 N–H and O–H groups in total. The lowest BCUT2D eigenvalue weighted by molar-refractivity contribution is -0.149. The zero-order valence-electron chi connectivity index (χ0n) is 17.3. The van der Waals surface area contributed by atoms with Crippen LogP contribution in [0.25, 0.3) is 0 Å². The summed E-state index contributed by atoms with van der Waals surface area (Å²) in [5.74, 6) is -1.48. The summed E-state index contributed by atoms with van der Waals surface area (Å²) < 4.78 is 5.55. The molecule has 1 saturated heterocycles. The van der Waals surface area contributed by atoms with Crippen molar-refractivity contribution in [2.75, 3.05) is 10.6 Å². The first-order chi connectivity index (χ1) is 14.9. The number of Topliss-reactive ketones (excluding diaryl/α,β-unsaturated/α-hetero) is 1. The average molecular weight is 420 g/mol. The van der Waals surface area contributed by atoms with E-state index in [9.17, 15) is 19.2 Å². The Labute approximate surface area is 180 Å². The van der Waals surface area contributed by atoms with Crippen molar-refractivity contribution in [1.82, 2.24) is 0 Å². The second kappa shape index (κ2) is 8.34. The molecule has 2 fully saturated rings. The lowest BCUT2D eigenvalue weighted by Crippen LogP contribution is -2.39. The molecule has 160 valence electrons.